The zero-order chi connectivity index (χ0) is 69.8. The fourth-order valence-electron chi connectivity index (χ4n) is 16.8. The highest BCUT2D eigenvalue weighted by atomic mass is 15.4. The molecule has 16 aromatic carbocycles. The summed E-state index contributed by atoms with van der Waals surface area (Å²) in [6.45, 7) is 0. The summed E-state index contributed by atoms with van der Waals surface area (Å²) in [5.74, 6) is 1.44. The summed E-state index contributed by atoms with van der Waals surface area (Å²) in [6.07, 6.45) is 0. The molecule has 0 amide bonds. The second kappa shape index (κ2) is 24.8. The lowest BCUT2D eigenvalue weighted by Crippen LogP contribution is -2.28. The molecule has 21 rings (SSSR count). The van der Waals surface area contributed by atoms with Gasteiger partial charge in [-0.1, -0.05) is 297 Å². The van der Waals surface area contributed by atoms with E-state index in [0.29, 0.717) is 0 Å². The summed E-state index contributed by atoms with van der Waals surface area (Å²) < 4.78 is 5.22. The van der Waals surface area contributed by atoms with Crippen LogP contribution in [-0.2, 0) is 0 Å². The molecule has 0 saturated carbocycles. The lowest BCUT2D eigenvalue weighted by atomic mass is 9.93. The molecule has 0 fully saturated rings. The van der Waals surface area contributed by atoms with Crippen LogP contribution in [0, 0.1) is 0 Å². The van der Waals surface area contributed by atoms with Gasteiger partial charge in [0, 0.05) is 38.5 Å². The summed E-state index contributed by atoms with van der Waals surface area (Å²) in [5.41, 5.74) is 26.7. The molecule has 0 saturated heterocycles. The highest BCUT2D eigenvalue weighted by Gasteiger charge is 2.41. The van der Waals surface area contributed by atoms with Crippen molar-refractivity contribution in [1.82, 2.24) is 14.1 Å². The van der Waals surface area contributed by atoms with E-state index in [1.54, 1.807) is 0 Å². The molecule has 0 bridgehead atoms. The maximum absolute atomic E-state index is 6.91. The molecule has 106 heavy (non-hydrogen) atoms. The SMILES string of the molecule is c1ccc(-c2ccc3c4ccc(-c5ccccc5)cc4n(-c4c(N5c6ccccc6N(c6ccccc6)c6ccccc65)nc(N5c6ccccc6N(c6ccccc6)c6ccccc65)c(-n5c6cc(-c7ccccc7)ccc6c6ccc(-c7ccccc7)cc65)c4-c4cccc5ccccc45)c3c2)cc1. The van der Waals surface area contributed by atoms with Gasteiger partial charge in [0.05, 0.1) is 67.6 Å². The van der Waals surface area contributed by atoms with E-state index in [1.165, 1.54) is 0 Å². The first kappa shape index (κ1) is 60.5. The minimum atomic E-state index is 0.722. The van der Waals surface area contributed by atoms with Gasteiger partial charge in [0.2, 0.25) is 0 Å². The van der Waals surface area contributed by atoms with Crippen LogP contribution in [0.4, 0.5) is 68.5 Å². The van der Waals surface area contributed by atoms with E-state index in [4.69, 9.17) is 4.98 Å². The molecule has 5 heterocycles. The van der Waals surface area contributed by atoms with Crippen molar-refractivity contribution in [2.45, 2.75) is 0 Å². The van der Waals surface area contributed by atoms with Crippen LogP contribution in [0.3, 0.4) is 0 Å². The van der Waals surface area contributed by atoms with Crippen molar-refractivity contribution in [2.75, 3.05) is 19.6 Å². The number of para-hydroxylation sites is 10. The molecule has 7 nitrogen and oxygen atoms in total. The highest BCUT2D eigenvalue weighted by molar-refractivity contribution is 6.19. The molecular formula is C99H65N7. The zero-order valence-electron chi connectivity index (χ0n) is 57.7. The molecule has 496 valence electrons. The Bertz CT molecular complexity index is 5990. The Labute approximate surface area is 614 Å². The van der Waals surface area contributed by atoms with Gasteiger partial charge in [-0.05, 0) is 158 Å². The molecule has 0 atom stereocenters. The fraction of sp³-hybridized carbons (Fsp3) is 0. The highest BCUT2D eigenvalue weighted by Crippen LogP contribution is 2.62. The van der Waals surface area contributed by atoms with Crippen molar-refractivity contribution in [3.05, 3.63) is 394 Å². The predicted molar refractivity (Wildman–Crippen MR) is 443 cm³/mol. The van der Waals surface area contributed by atoms with Crippen LogP contribution in [0.15, 0.2) is 394 Å². The Morgan fingerprint density at radius 1 is 0.189 bits per heavy atom. The third-order valence-electron chi connectivity index (χ3n) is 21.5. The summed E-state index contributed by atoms with van der Waals surface area (Å²) >= 11 is 0. The van der Waals surface area contributed by atoms with Crippen LogP contribution >= 0.6 is 0 Å². The lowest BCUT2D eigenvalue weighted by Gasteiger charge is -2.43. The van der Waals surface area contributed by atoms with E-state index in [0.717, 1.165) is 190 Å². The van der Waals surface area contributed by atoms with Gasteiger partial charge >= 0.3 is 0 Å². The maximum atomic E-state index is 6.91. The standard InChI is InChI=1S/C99H65N7/c1-7-30-66(31-8-1)71-54-58-78-79-59-55-72(67-32-9-2-10-33-67)63-92(79)103(91(78)62-71)96-95(82-45-29-39-70-38-19-20-44-77(70)82)97(104-93-64-73(68-34-11-3-12-35-68)56-60-80(93)81-61-57-74(65-94(81)104)69-36-13-4-14-37-69)99(106-89-52-27-23-48-85(89)102(76-42-17-6-18-43-76)86-49-24-28-53-90(86)106)100-98(96)105-87-50-25-21-46-83(87)101(75-40-15-5-16-41-75)84-47-22-26-51-88(84)105/h1-65H. The average molecular weight is 1350 g/mol. The molecule has 19 aromatic rings. The molecule has 0 aliphatic carbocycles. The first-order valence-corrected chi connectivity index (χ1v) is 36.3. The number of pyridine rings is 1. The molecule has 0 N–H and O–H groups in total. The number of benzene rings is 16. The van der Waals surface area contributed by atoms with E-state index in [-0.39, 0.29) is 0 Å². The molecule has 0 spiro atoms. The molecular weight excluding hydrogens is 1290 g/mol. The van der Waals surface area contributed by atoms with Gasteiger partial charge in [-0.3, -0.25) is 9.80 Å². The van der Waals surface area contributed by atoms with Crippen molar-refractivity contribution in [1.29, 1.82) is 0 Å². The molecule has 2 aliphatic rings. The van der Waals surface area contributed by atoms with Crippen molar-refractivity contribution < 1.29 is 0 Å². The molecule has 0 radical (unpaired) electrons. The second-order valence-corrected chi connectivity index (χ2v) is 27.4. The zero-order valence-corrected chi connectivity index (χ0v) is 57.7. The van der Waals surface area contributed by atoms with Crippen LogP contribution < -0.4 is 19.6 Å². The number of fused-ring (bicyclic) bond motifs is 11. The van der Waals surface area contributed by atoms with Crippen LogP contribution in [-0.4, -0.2) is 14.1 Å². The van der Waals surface area contributed by atoms with Gasteiger partial charge in [-0.2, -0.15) is 0 Å². The van der Waals surface area contributed by atoms with Crippen LogP contribution in [0.2, 0.25) is 0 Å². The van der Waals surface area contributed by atoms with Crippen molar-refractivity contribution in [3.8, 4) is 67.0 Å². The number of nitrogens with zero attached hydrogens (tertiary/aromatic N) is 7. The topological polar surface area (TPSA) is 35.7 Å². The molecule has 3 aromatic heterocycles. The minimum Gasteiger partial charge on any atom is -0.306 e. The minimum absolute atomic E-state index is 0.722. The summed E-state index contributed by atoms with van der Waals surface area (Å²) in [6, 6.07) is 145. The van der Waals surface area contributed by atoms with Gasteiger partial charge in [0.1, 0.15) is 11.4 Å². The van der Waals surface area contributed by atoms with Crippen LogP contribution in [0.1, 0.15) is 0 Å². The molecule has 7 heteroatoms. The second-order valence-electron chi connectivity index (χ2n) is 27.4. The smallest absolute Gasteiger partial charge is 0.165 e. The number of anilines is 12. The fourth-order valence-corrected chi connectivity index (χ4v) is 16.8. The van der Waals surface area contributed by atoms with Gasteiger partial charge in [-0.15, -0.1) is 0 Å². The Hall–Kier alpha value is -14.3. The number of hydrogen-bond acceptors (Lipinski definition) is 5. The van der Waals surface area contributed by atoms with Gasteiger partial charge < -0.3 is 18.9 Å². The monoisotopic (exact) mass is 1350 g/mol. The van der Waals surface area contributed by atoms with E-state index in [1.807, 2.05) is 0 Å². The maximum Gasteiger partial charge on any atom is 0.165 e. The third-order valence-corrected chi connectivity index (χ3v) is 21.5. The quantitative estimate of drug-likeness (QED) is 0.129. The van der Waals surface area contributed by atoms with Crippen molar-refractivity contribution in [3.63, 3.8) is 0 Å². The van der Waals surface area contributed by atoms with E-state index >= 15 is 0 Å². The first-order chi connectivity index (χ1) is 52.6. The Morgan fingerprint density at radius 2 is 0.453 bits per heavy atom. The number of aromatic nitrogens is 3. The number of rotatable bonds is 11. The number of hydrogen-bond donors (Lipinski definition) is 0. The van der Waals surface area contributed by atoms with Crippen LogP contribution in [0.25, 0.3) is 121 Å². The third kappa shape index (κ3) is 9.64. The Morgan fingerprint density at radius 3 is 0.774 bits per heavy atom. The summed E-state index contributed by atoms with van der Waals surface area (Å²) in [5, 5.41) is 6.65. The first-order valence-electron chi connectivity index (χ1n) is 36.3. The van der Waals surface area contributed by atoms with E-state index < -0.39 is 0 Å². The molecule has 0 unspecified atom stereocenters. The largest absolute Gasteiger partial charge is 0.306 e. The van der Waals surface area contributed by atoms with E-state index in [2.05, 4.69) is 423 Å². The summed E-state index contributed by atoms with van der Waals surface area (Å²) in [4.78, 5) is 16.7. The summed E-state index contributed by atoms with van der Waals surface area (Å²) in [7, 11) is 0. The Balaban J connectivity index is 1.04. The van der Waals surface area contributed by atoms with Gasteiger partial charge in [0.15, 0.2) is 11.6 Å². The van der Waals surface area contributed by atoms with Gasteiger partial charge in [0.25, 0.3) is 0 Å². The van der Waals surface area contributed by atoms with Crippen molar-refractivity contribution in [2.24, 2.45) is 0 Å². The Kier molecular flexibility index (Phi) is 14.1. The van der Waals surface area contributed by atoms with Gasteiger partial charge in [-0.25, -0.2) is 4.98 Å². The van der Waals surface area contributed by atoms with E-state index in [9.17, 15) is 0 Å². The average Bonchev–Trinajstić information content (AvgIpc) is 1.21. The predicted octanol–water partition coefficient (Wildman–Crippen LogP) is 27.3. The lowest BCUT2D eigenvalue weighted by molar-refractivity contribution is 1.03. The van der Waals surface area contributed by atoms with Crippen molar-refractivity contribution >= 4 is 123 Å². The normalized spacial score (nSPS) is 12.5. The van der Waals surface area contributed by atoms with Crippen LogP contribution in [0.5, 0.6) is 0 Å². The molecule has 2 aliphatic heterocycles.